The summed E-state index contributed by atoms with van der Waals surface area (Å²) in [6, 6.07) is 8.15. The van der Waals surface area contributed by atoms with E-state index in [-0.39, 0.29) is 0 Å². The van der Waals surface area contributed by atoms with Gasteiger partial charge in [0.05, 0.1) is 0 Å². The summed E-state index contributed by atoms with van der Waals surface area (Å²) in [6.07, 6.45) is 0. The van der Waals surface area contributed by atoms with Crippen LogP contribution < -0.4 is 11.1 Å². The summed E-state index contributed by atoms with van der Waals surface area (Å²) >= 11 is 10.3. The largest absolute Gasteiger partial charge is 0.389 e. The minimum atomic E-state index is 0.405. The van der Waals surface area contributed by atoms with Gasteiger partial charge in [-0.2, -0.15) is 0 Å². The molecule has 5 heteroatoms. The van der Waals surface area contributed by atoms with Crippen molar-refractivity contribution in [3.05, 3.63) is 49.6 Å². The average molecular weight is 355 g/mol. The molecule has 2 rings (SSSR count). The van der Waals surface area contributed by atoms with Crippen molar-refractivity contribution in [2.75, 3.05) is 5.32 Å². The van der Waals surface area contributed by atoms with Crippen molar-refractivity contribution in [3.63, 3.8) is 0 Å². The summed E-state index contributed by atoms with van der Waals surface area (Å²) in [5.41, 5.74) is 8.90. The molecule has 2 nitrogen and oxygen atoms in total. The van der Waals surface area contributed by atoms with E-state index in [0.29, 0.717) is 4.99 Å². The molecule has 0 saturated carbocycles. The summed E-state index contributed by atoms with van der Waals surface area (Å²) in [4.78, 5) is 3.12. The molecular weight excluding hydrogens is 340 g/mol. The molecule has 0 atom stereocenters. The van der Waals surface area contributed by atoms with E-state index in [1.54, 1.807) is 0 Å². The van der Waals surface area contributed by atoms with E-state index in [1.807, 2.05) is 29.5 Å². The molecule has 0 radical (unpaired) electrons. The lowest BCUT2D eigenvalue weighted by molar-refractivity contribution is 1.19. The van der Waals surface area contributed by atoms with Crippen molar-refractivity contribution in [3.8, 4) is 0 Å². The van der Waals surface area contributed by atoms with Crippen molar-refractivity contribution < 1.29 is 0 Å². The van der Waals surface area contributed by atoms with Crippen LogP contribution in [0.1, 0.15) is 20.9 Å². The molecule has 1 heterocycles. The van der Waals surface area contributed by atoms with Crippen molar-refractivity contribution >= 4 is 50.2 Å². The first-order chi connectivity index (χ1) is 8.97. The quantitative estimate of drug-likeness (QED) is 0.800. The molecule has 0 bridgehead atoms. The third-order valence-electron chi connectivity index (χ3n) is 2.92. The highest BCUT2D eigenvalue weighted by Crippen LogP contribution is 2.24. The number of halogens is 1. The second-order valence-corrected chi connectivity index (χ2v) is 7.00. The molecule has 19 heavy (non-hydrogen) atoms. The minimum Gasteiger partial charge on any atom is -0.389 e. The Hall–Kier alpha value is -0.910. The maximum absolute atomic E-state index is 5.63. The van der Waals surface area contributed by atoms with Crippen LogP contribution in [0.5, 0.6) is 0 Å². The van der Waals surface area contributed by atoms with Crippen LogP contribution in [-0.4, -0.2) is 4.99 Å². The van der Waals surface area contributed by atoms with Crippen molar-refractivity contribution in [2.24, 2.45) is 5.73 Å². The first-order valence-electron chi connectivity index (χ1n) is 5.86. The van der Waals surface area contributed by atoms with Crippen LogP contribution in [-0.2, 0) is 6.54 Å². The fraction of sp³-hybridized carbons (Fsp3) is 0.214. The van der Waals surface area contributed by atoms with Crippen molar-refractivity contribution in [1.29, 1.82) is 0 Å². The molecular formula is C14H15BrN2S2. The van der Waals surface area contributed by atoms with Gasteiger partial charge in [0.2, 0.25) is 0 Å². The summed E-state index contributed by atoms with van der Waals surface area (Å²) in [5.74, 6) is 0. The van der Waals surface area contributed by atoms with Gasteiger partial charge < -0.3 is 11.1 Å². The molecule has 0 unspecified atom stereocenters. The third-order valence-corrected chi connectivity index (χ3v) is 4.95. The smallest absolute Gasteiger partial charge is 0.105 e. The van der Waals surface area contributed by atoms with Crippen LogP contribution >= 0.6 is 39.5 Å². The number of thiophene rings is 1. The number of nitrogens with two attached hydrogens (primary N) is 1. The fourth-order valence-corrected chi connectivity index (χ4v) is 3.65. The summed E-state index contributed by atoms with van der Waals surface area (Å²) in [7, 11) is 0. The highest BCUT2D eigenvalue weighted by Gasteiger charge is 2.05. The van der Waals surface area contributed by atoms with Gasteiger partial charge in [0.25, 0.3) is 0 Å². The average Bonchev–Trinajstić information content (AvgIpc) is 2.66. The molecule has 0 saturated heterocycles. The van der Waals surface area contributed by atoms with E-state index in [9.17, 15) is 0 Å². The zero-order valence-corrected chi connectivity index (χ0v) is 14.0. The van der Waals surface area contributed by atoms with Gasteiger partial charge in [-0.1, -0.05) is 12.2 Å². The number of benzene rings is 1. The van der Waals surface area contributed by atoms with Gasteiger partial charge in [-0.05, 0) is 59.6 Å². The van der Waals surface area contributed by atoms with Gasteiger partial charge in [0.15, 0.2) is 0 Å². The van der Waals surface area contributed by atoms with E-state index in [0.717, 1.165) is 22.3 Å². The Morgan fingerprint density at radius 1 is 1.37 bits per heavy atom. The Balaban J connectivity index is 2.08. The molecule has 0 aliphatic heterocycles. The molecule has 2 aromatic rings. The van der Waals surface area contributed by atoms with Gasteiger partial charge in [-0.3, -0.25) is 0 Å². The number of rotatable bonds is 4. The maximum Gasteiger partial charge on any atom is 0.105 e. The third kappa shape index (κ3) is 3.55. The molecule has 0 amide bonds. The van der Waals surface area contributed by atoms with Crippen molar-refractivity contribution in [1.82, 2.24) is 0 Å². The van der Waals surface area contributed by atoms with Crippen molar-refractivity contribution in [2.45, 2.75) is 20.4 Å². The lowest BCUT2D eigenvalue weighted by atomic mass is 10.2. The van der Waals surface area contributed by atoms with Crippen LogP contribution in [0.25, 0.3) is 0 Å². The fourth-order valence-electron chi connectivity index (χ4n) is 1.75. The number of aryl methyl sites for hydroxylation is 2. The van der Waals surface area contributed by atoms with Gasteiger partial charge in [0, 0.05) is 32.0 Å². The highest BCUT2D eigenvalue weighted by molar-refractivity contribution is 9.10. The zero-order valence-electron chi connectivity index (χ0n) is 10.8. The second-order valence-electron chi connectivity index (χ2n) is 4.36. The number of thiocarbonyl (C=S) groups is 1. The van der Waals surface area contributed by atoms with E-state index in [4.69, 9.17) is 18.0 Å². The van der Waals surface area contributed by atoms with E-state index in [2.05, 4.69) is 41.2 Å². The predicted octanol–water partition coefficient (Wildman–Crippen LogP) is 4.37. The van der Waals surface area contributed by atoms with E-state index in [1.165, 1.54) is 15.3 Å². The normalized spacial score (nSPS) is 10.5. The van der Waals surface area contributed by atoms with Crippen LogP contribution in [0.2, 0.25) is 0 Å². The molecule has 0 aliphatic carbocycles. The number of hydrogen-bond acceptors (Lipinski definition) is 3. The zero-order chi connectivity index (χ0) is 14.0. The van der Waals surface area contributed by atoms with E-state index >= 15 is 0 Å². The van der Waals surface area contributed by atoms with Crippen LogP contribution in [0.4, 0.5) is 5.69 Å². The molecule has 0 fully saturated rings. The Labute approximate surface area is 131 Å². The first kappa shape index (κ1) is 14.5. The Bertz CT molecular complexity index is 600. The van der Waals surface area contributed by atoms with E-state index < -0.39 is 0 Å². The lowest BCUT2D eigenvalue weighted by Gasteiger charge is -2.08. The van der Waals surface area contributed by atoms with Gasteiger partial charge in [-0.15, -0.1) is 11.3 Å². The Kier molecular flexibility index (Phi) is 4.60. The SMILES string of the molecule is Cc1cc(CNc2ccc(C(N)=S)c(Br)c2)sc1C. The molecule has 3 N–H and O–H groups in total. The summed E-state index contributed by atoms with van der Waals surface area (Å²) < 4.78 is 0.920. The maximum atomic E-state index is 5.63. The Morgan fingerprint density at radius 2 is 2.11 bits per heavy atom. The molecule has 1 aromatic carbocycles. The number of hydrogen-bond donors (Lipinski definition) is 2. The highest BCUT2D eigenvalue weighted by atomic mass is 79.9. The van der Waals surface area contributed by atoms with Gasteiger partial charge in [0.1, 0.15) is 4.99 Å². The standard InChI is InChI=1S/C14H15BrN2S2/c1-8-5-11(19-9(8)2)7-17-10-3-4-12(14(16)18)13(15)6-10/h3-6,17H,7H2,1-2H3,(H2,16,18). The first-order valence-corrected chi connectivity index (χ1v) is 7.88. The summed E-state index contributed by atoms with van der Waals surface area (Å²) in [6.45, 7) is 5.12. The molecule has 100 valence electrons. The van der Waals surface area contributed by atoms with Gasteiger partial charge >= 0.3 is 0 Å². The molecule has 1 aromatic heterocycles. The Morgan fingerprint density at radius 3 is 2.63 bits per heavy atom. The van der Waals surface area contributed by atoms with Crippen LogP contribution in [0, 0.1) is 13.8 Å². The minimum absolute atomic E-state index is 0.405. The number of anilines is 1. The second kappa shape index (κ2) is 6.03. The summed E-state index contributed by atoms with van der Waals surface area (Å²) in [5, 5.41) is 3.40. The predicted molar refractivity (Wildman–Crippen MR) is 91.1 cm³/mol. The van der Waals surface area contributed by atoms with Crippen LogP contribution in [0.3, 0.4) is 0 Å². The van der Waals surface area contributed by atoms with Crippen LogP contribution in [0.15, 0.2) is 28.7 Å². The topological polar surface area (TPSA) is 38.0 Å². The number of nitrogens with one attached hydrogen (secondary N) is 1. The molecule has 0 aliphatic rings. The monoisotopic (exact) mass is 354 g/mol. The molecule has 0 spiro atoms. The van der Waals surface area contributed by atoms with Gasteiger partial charge in [-0.25, -0.2) is 0 Å². The lowest BCUT2D eigenvalue weighted by Crippen LogP contribution is -2.10.